The second kappa shape index (κ2) is 6.63. The third-order valence-electron chi connectivity index (χ3n) is 3.38. The molecule has 0 bridgehead atoms. The van der Waals surface area contributed by atoms with Crippen molar-refractivity contribution in [3.63, 3.8) is 0 Å². The van der Waals surface area contributed by atoms with Gasteiger partial charge < -0.3 is 5.32 Å². The molecular formula is C16H18N2O2S. The molecule has 21 heavy (non-hydrogen) atoms. The van der Waals surface area contributed by atoms with Crippen LogP contribution < -0.4 is 5.32 Å². The molecular weight excluding hydrogens is 284 g/mol. The number of hydrogen-bond acceptors (Lipinski definition) is 4. The molecule has 110 valence electrons. The van der Waals surface area contributed by atoms with E-state index in [0.717, 1.165) is 16.8 Å². The molecule has 0 aliphatic carbocycles. The molecule has 4 nitrogen and oxygen atoms in total. The molecule has 0 spiro atoms. The zero-order valence-corrected chi connectivity index (χ0v) is 13.2. The van der Waals surface area contributed by atoms with Gasteiger partial charge in [0.25, 0.3) is 5.69 Å². The number of nitrogens with one attached hydrogen (secondary N) is 1. The molecule has 5 heteroatoms. The zero-order chi connectivity index (χ0) is 15.4. The van der Waals surface area contributed by atoms with Crippen LogP contribution in [-0.4, -0.2) is 11.2 Å². The standard InChI is InChI=1S/C16H18N2O2S/c1-11-8-12(2)16(18(19)20)9-15(11)17-10-13-4-6-14(21-3)7-5-13/h4-9,17H,10H2,1-3H3. The fraction of sp³-hybridized carbons (Fsp3) is 0.250. The maximum absolute atomic E-state index is 11.0. The summed E-state index contributed by atoms with van der Waals surface area (Å²) in [5, 5.41) is 14.3. The van der Waals surface area contributed by atoms with Gasteiger partial charge in [0, 0.05) is 28.8 Å². The number of nitro benzene ring substituents is 1. The molecule has 0 saturated heterocycles. The van der Waals surface area contributed by atoms with Crippen LogP contribution in [0.15, 0.2) is 41.3 Å². The lowest BCUT2D eigenvalue weighted by molar-refractivity contribution is -0.385. The van der Waals surface area contributed by atoms with Crippen LogP contribution in [0.3, 0.4) is 0 Å². The Hall–Kier alpha value is -2.01. The van der Waals surface area contributed by atoms with E-state index in [1.54, 1.807) is 24.8 Å². The molecule has 0 heterocycles. The van der Waals surface area contributed by atoms with Crippen LogP contribution in [0.1, 0.15) is 16.7 Å². The Bertz CT molecular complexity index is 654. The van der Waals surface area contributed by atoms with Crippen molar-refractivity contribution in [3.8, 4) is 0 Å². The van der Waals surface area contributed by atoms with Gasteiger partial charge in [-0.1, -0.05) is 12.1 Å². The highest BCUT2D eigenvalue weighted by atomic mass is 32.2. The molecule has 0 atom stereocenters. The van der Waals surface area contributed by atoms with Gasteiger partial charge in [0.15, 0.2) is 0 Å². The van der Waals surface area contributed by atoms with E-state index in [1.165, 1.54) is 4.90 Å². The molecule has 2 rings (SSSR count). The van der Waals surface area contributed by atoms with E-state index in [9.17, 15) is 10.1 Å². The number of nitrogens with zero attached hydrogens (tertiary/aromatic N) is 1. The van der Waals surface area contributed by atoms with E-state index in [4.69, 9.17) is 0 Å². The number of benzene rings is 2. The van der Waals surface area contributed by atoms with Gasteiger partial charge in [0.05, 0.1) is 4.92 Å². The highest BCUT2D eigenvalue weighted by Gasteiger charge is 2.13. The molecule has 0 aliphatic rings. The Kier molecular flexibility index (Phi) is 4.85. The maximum Gasteiger partial charge on any atom is 0.274 e. The predicted octanol–water partition coefficient (Wildman–Crippen LogP) is 4.55. The van der Waals surface area contributed by atoms with Crippen molar-refractivity contribution in [2.75, 3.05) is 11.6 Å². The van der Waals surface area contributed by atoms with E-state index in [0.29, 0.717) is 12.1 Å². The first-order chi connectivity index (χ1) is 10.0. The van der Waals surface area contributed by atoms with Crippen LogP contribution in [0.25, 0.3) is 0 Å². The molecule has 0 saturated carbocycles. The normalized spacial score (nSPS) is 10.4. The van der Waals surface area contributed by atoms with Crippen LogP contribution in [-0.2, 0) is 6.54 Å². The van der Waals surface area contributed by atoms with Crippen molar-refractivity contribution < 1.29 is 4.92 Å². The van der Waals surface area contributed by atoms with Crippen LogP contribution in [0, 0.1) is 24.0 Å². The Morgan fingerprint density at radius 2 is 1.81 bits per heavy atom. The summed E-state index contributed by atoms with van der Waals surface area (Å²) < 4.78 is 0. The lowest BCUT2D eigenvalue weighted by Crippen LogP contribution is -2.03. The van der Waals surface area contributed by atoms with Crippen molar-refractivity contribution in [1.82, 2.24) is 0 Å². The smallest absolute Gasteiger partial charge is 0.274 e. The van der Waals surface area contributed by atoms with Crippen LogP contribution >= 0.6 is 11.8 Å². The third kappa shape index (κ3) is 3.76. The van der Waals surface area contributed by atoms with Gasteiger partial charge in [-0.05, 0) is 49.4 Å². The summed E-state index contributed by atoms with van der Waals surface area (Å²) >= 11 is 1.71. The highest BCUT2D eigenvalue weighted by Crippen LogP contribution is 2.26. The first-order valence-electron chi connectivity index (χ1n) is 6.63. The van der Waals surface area contributed by atoms with Crippen molar-refractivity contribution >= 4 is 23.1 Å². The first kappa shape index (κ1) is 15.4. The summed E-state index contributed by atoms with van der Waals surface area (Å²) in [6, 6.07) is 11.7. The second-order valence-corrected chi connectivity index (χ2v) is 5.79. The quantitative estimate of drug-likeness (QED) is 0.500. The lowest BCUT2D eigenvalue weighted by atomic mass is 10.1. The Balaban J connectivity index is 2.15. The molecule has 0 radical (unpaired) electrons. The molecule has 0 aliphatic heterocycles. The van der Waals surface area contributed by atoms with Crippen LogP contribution in [0.5, 0.6) is 0 Å². The summed E-state index contributed by atoms with van der Waals surface area (Å²) in [6.07, 6.45) is 2.04. The number of anilines is 1. The number of rotatable bonds is 5. The molecule has 0 fully saturated rings. The van der Waals surface area contributed by atoms with Crippen LogP contribution in [0.4, 0.5) is 11.4 Å². The minimum absolute atomic E-state index is 0.154. The first-order valence-corrected chi connectivity index (χ1v) is 7.86. The zero-order valence-electron chi connectivity index (χ0n) is 12.3. The summed E-state index contributed by atoms with van der Waals surface area (Å²) in [7, 11) is 0. The summed E-state index contributed by atoms with van der Waals surface area (Å²) in [5.41, 5.74) is 3.81. The van der Waals surface area contributed by atoms with E-state index in [1.807, 2.05) is 19.2 Å². The van der Waals surface area contributed by atoms with Gasteiger partial charge in [-0.2, -0.15) is 0 Å². The average molecular weight is 302 g/mol. The van der Waals surface area contributed by atoms with Crippen LogP contribution in [0.2, 0.25) is 0 Å². The minimum Gasteiger partial charge on any atom is -0.381 e. The number of aryl methyl sites for hydroxylation is 2. The van der Waals surface area contributed by atoms with E-state index < -0.39 is 0 Å². The number of thioether (sulfide) groups is 1. The van der Waals surface area contributed by atoms with E-state index in [-0.39, 0.29) is 10.6 Å². The fourth-order valence-electron chi connectivity index (χ4n) is 2.17. The van der Waals surface area contributed by atoms with Gasteiger partial charge in [-0.3, -0.25) is 10.1 Å². The molecule has 2 aromatic rings. The fourth-order valence-corrected chi connectivity index (χ4v) is 2.58. The number of nitro groups is 1. The summed E-state index contributed by atoms with van der Waals surface area (Å²) in [4.78, 5) is 11.9. The molecule has 0 amide bonds. The molecule has 1 N–H and O–H groups in total. The lowest BCUT2D eigenvalue weighted by Gasteiger charge is -2.11. The molecule has 2 aromatic carbocycles. The largest absolute Gasteiger partial charge is 0.381 e. The Labute approximate surface area is 128 Å². The van der Waals surface area contributed by atoms with Gasteiger partial charge in [0.2, 0.25) is 0 Å². The van der Waals surface area contributed by atoms with Gasteiger partial charge in [-0.25, -0.2) is 0 Å². The number of hydrogen-bond donors (Lipinski definition) is 1. The van der Waals surface area contributed by atoms with Crippen molar-refractivity contribution in [3.05, 3.63) is 63.2 Å². The SMILES string of the molecule is CSc1ccc(CNc2cc([N+](=O)[O-])c(C)cc2C)cc1. The monoisotopic (exact) mass is 302 g/mol. The summed E-state index contributed by atoms with van der Waals surface area (Å²) in [5.74, 6) is 0. The minimum atomic E-state index is -0.340. The van der Waals surface area contributed by atoms with Crippen molar-refractivity contribution in [2.24, 2.45) is 0 Å². The molecule has 0 aromatic heterocycles. The van der Waals surface area contributed by atoms with Gasteiger partial charge >= 0.3 is 0 Å². The third-order valence-corrected chi connectivity index (χ3v) is 4.13. The Morgan fingerprint density at radius 3 is 2.38 bits per heavy atom. The van der Waals surface area contributed by atoms with Gasteiger partial charge in [-0.15, -0.1) is 11.8 Å². The Morgan fingerprint density at radius 1 is 1.14 bits per heavy atom. The summed E-state index contributed by atoms with van der Waals surface area (Å²) in [6.45, 7) is 4.36. The average Bonchev–Trinajstić information content (AvgIpc) is 2.46. The van der Waals surface area contributed by atoms with Gasteiger partial charge in [0.1, 0.15) is 0 Å². The second-order valence-electron chi connectivity index (χ2n) is 4.91. The maximum atomic E-state index is 11.0. The van der Waals surface area contributed by atoms with E-state index in [2.05, 4.69) is 29.6 Å². The highest BCUT2D eigenvalue weighted by molar-refractivity contribution is 7.98. The van der Waals surface area contributed by atoms with E-state index >= 15 is 0 Å². The van der Waals surface area contributed by atoms with Crippen molar-refractivity contribution in [2.45, 2.75) is 25.3 Å². The topological polar surface area (TPSA) is 55.2 Å². The predicted molar refractivity (Wildman–Crippen MR) is 88.1 cm³/mol. The van der Waals surface area contributed by atoms with Crippen molar-refractivity contribution in [1.29, 1.82) is 0 Å². The molecule has 0 unspecified atom stereocenters.